The van der Waals surface area contributed by atoms with Crippen LogP contribution in [0.3, 0.4) is 0 Å². The number of amides is 2. The number of urea groups is 1. The highest BCUT2D eigenvalue weighted by molar-refractivity contribution is 7.09. The van der Waals surface area contributed by atoms with Crippen LogP contribution in [0.1, 0.15) is 29.1 Å². The molecule has 0 aliphatic heterocycles. The van der Waals surface area contributed by atoms with Crippen molar-refractivity contribution >= 4 is 17.4 Å². The van der Waals surface area contributed by atoms with E-state index in [9.17, 15) is 4.79 Å². The average molecular weight is 315 g/mol. The van der Waals surface area contributed by atoms with Crippen LogP contribution in [0.15, 0.2) is 35.7 Å². The quantitative estimate of drug-likeness (QED) is 0.920. The molecule has 0 atom stereocenters. The zero-order chi connectivity index (χ0) is 15.6. The molecule has 0 saturated heterocycles. The fraction of sp³-hybridized carbons (Fsp3) is 0.412. The van der Waals surface area contributed by atoms with Crippen LogP contribution in [0, 0.1) is 6.92 Å². The molecule has 1 heterocycles. The van der Waals surface area contributed by atoms with Gasteiger partial charge in [0, 0.05) is 24.4 Å². The smallest absolute Gasteiger partial charge is 0.317 e. The summed E-state index contributed by atoms with van der Waals surface area (Å²) in [5, 5.41) is 6.11. The number of nitrogens with zero attached hydrogens (tertiary/aromatic N) is 2. The van der Waals surface area contributed by atoms with E-state index in [1.165, 1.54) is 5.56 Å². The number of nitrogens with one attached hydrogen (secondary N) is 1. The maximum absolute atomic E-state index is 12.3. The standard InChI is InChI=1S/C17H21N3OS/c1-13-19-15(11-22-13)10-20(2)16(21)18-12-17(8-9-17)14-6-4-3-5-7-14/h3-7,11H,8-10,12H2,1-2H3,(H,18,21). The highest BCUT2D eigenvalue weighted by Gasteiger charge is 2.44. The van der Waals surface area contributed by atoms with Gasteiger partial charge in [0.2, 0.25) is 0 Å². The zero-order valence-corrected chi connectivity index (χ0v) is 13.8. The SMILES string of the molecule is Cc1nc(CN(C)C(=O)NCC2(c3ccccc3)CC2)cs1. The Bertz CT molecular complexity index is 649. The second-order valence-corrected chi connectivity index (χ2v) is 7.08. The number of hydrogen-bond donors (Lipinski definition) is 1. The molecular formula is C17H21N3OS. The molecule has 4 nitrogen and oxygen atoms in total. The predicted molar refractivity (Wildman–Crippen MR) is 89.1 cm³/mol. The fourth-order valence-corrected chi connectivity index (χ4v) is 3.29. The summed E-state index contributed by atoms with van der Waals surface area (Å²) in [5.74, 6) is 0. The van der Waals surface area contributed by atoms with E-state index in [1.54, 1.807) is 16.2 Å². The largest absolute Gasteiger partial charge is 0.337 e. The Morgan fingerprint density at radius 3 is 2.68 bits per heavy atom. The van der Waals surface area contributed by atoms with Crippen LogP contribution < -0.4 is 5.32 Å². The van der Waals surface area contributed by atoms with Crippen LogP contribution in [0.4, 0.5) is 4.79 Å². The summed E-state index contributed by atoms with van der Waals surface area (Å²) in [7, 11) is 1.81. The van der Waals surface area contributed by atoms with Gasteiger partial charge in [0.25, 0.3) is 0 Å². The summed E-state index contributed by atoms with van der Waals surface area (Å²) < 4.78 is 0. The third-order valence-corrected chi connectivity index (χ3v) is 5.05. The number of carbonyl (C=O) groups is 1. The van der Waals surface area contributed by atoms with Crippen LogP contribution in [0.2, 0.25) is 0 Å². The van der Waals surface area contributed by atoms with E-state index in [2.05, 4.69) is 34.6 Å². The molecule has 1 aromatic carbocycles. The van der Waals surface area contributed by atoms with Crippen molar-refractivity contribution in [3.8, 4) is 0 Å². The lowest BCUT2D eigenvalue weighted by atomic mass is 9.96. The first-order valence-electron chi connectivity index (χ1n) is 7.55. The summed E-state index contributed by atoms with van der Waals surface area (Å²) in [5.41, 5.74) is 2.42. The van der Waals surface area contributed by atoms with Gasteiger partial charge in [0.05, 0.1) is 17.2 Å². The Labute approximate surface area is 135 Å². The monoisotopic (exact) mass is 315 g/mol. The van der Waals surface area contributed by atoms with Crippen molar-refractivity contribution in [1.29, 1.82) is 0 Å². The maximum atomic E-state index is 12.3. The van der Waals surface area contributed by atoms with Gasteiger partial charge in [0.1, 0.15) is 0 Å². The predicted octanol–water partition coefficient (Wildman–Crippen LogP) is 3.32. The zero-order valence-electron chi connectivity index (χ0n) is 13.0. The van der Waals surface area contributed by atoms with Crippen molar-refractivity contribution in [3.05, 3.63) is 52.0 Å². The molecule has 1 saturated carbocycles. The molecule has 0 radical (unpaired) electrons. The van der Waals surface area contributed by atoms with Gasteiger partial charge in [-0.25, -0.2) is 9.78 Å². The third-order valence-electron chi connectivity index (χ3n) is 4.23. The Kier molecular flexibility index (Phi) is 4.16. The summed E-state index contributed by atoms with van der Waals surface area (Å²) in [6.07, 6.45) is 2.29. The first kappa shape index (κ1) is 15.0. The van der Waals surface area contributed by atoms with Crippen LogP contribution in [-0.2, 0) is 12.0 Å². The lowest BCUT2D eigenvalue weighted by Crippen LogP contribution is -2.40. The average Bonchev–Trinajstić information content (AvgIpc) is 3.22. The molecule has 116 valence electrons. The summed E-state index contributed by atoms with van der Waals surface area (Å²) in [6, 6.07) is 10.4. The Morgan fingerprint density at radius 2 is 2.09 bits per heavy atom. The Balaban J connectivity index is 1.54. The molecule has 1 fully saturated rings. The molecule has 0 bridgehead atoms. The van der Waals surface area contributed by atoms with E-state index in [1.807, 2.05) is 25.4 Å². The molecular weight excluding hydrogens is 294 g/mol. The number of rotatable bonds is 5. The molecule has 1 aromatic heterocycles. The summed E-state index contributed by atoms with van der Waals surface area (Å²) in [6.45, 7) is 3.23. The fourth-order valence-electron chi connectivity index (χ4n) is 2.69. The minimum absolute atomic E-state index is 0.0344. The summed E-state index contributed by atoms with van der Waals surface area (Å²) in [4.78, 5) is 18.3. The van der Waals surface area contributed by atoms with Crippen LogP contribution in [0.25, 0.3) is 0 Å². The normalized spacial score (nSPS) is 15.4. The number of aromatic nitrogens is 1. The topological polar surface area (TPSA) is 45.2 Å². The molecule has 2 amide bonds. The van der Waals surface area contributed by atoms with Gasteiger partial charge in [0.15, 0.2) is 0 Å². The molecule has 1 N–H and O–H groups in total. The first-order valence-corrected chi connectivity index (χ1v) is 8.42. The number of aryl methyl sites for hydroxylation is 1. The van der Waals surface area contributed by atoms with Crippen molar-refractivity contribution in [2.24, 2.45) is 0 Å². The van der Waals surface area contributed by atoms with Crippen molar-refractivity contribution in [2.75, 3.05) is 13.6 Å². The van der Waals surface area contributed by atoms with Crippen molar-refractivity contribution in [1.82, 2.24) is 15.2 Å². The lowest BCUT2D eigenvalue weighted by molar-refractivity contribution is 0.205. The van der Waals surface area contributed by atoms with Crippen LogP contribution in [0.5, 0.6) is 0 Å². The van der Waals surface area contributed by atoms with Gasteiger partial charge >= 0.3 is 6.03 Å². The van der Waals surface area contributed by atoms with E-state index in [0.29, 0.717) is 13.1 Å². The highest BCUT2D eigenvalue weighted by Crippen LogP contribution is 2.47. The van der Waals surface area contributed by atoms with Gasteiger partial charge in [-0.3, -0.25) is 0 Å². The molecule has 2 aromatic rings. The van der Waals surface area contributed by atoms with E-state index in [4.69, 9.17) is 0 Å². The second-order valence-electron chi connectivity index (χ2n) is 6.02. The lowest BCUT2D eigenvalue weighted by Gasteiger charge is -2.21. The van der Waals surface area contributed by atoms with Gasteiger partial charge in [-0.15, -0.1) is 11.3 Å². The molecule has 0 spiro atoms. The molecule has 5 heteroatoms. The van der Waals surface area contributed by atoms with E-state index in [-0.39, 0.29) is 11.4 Å². The molecule has 1 aliphatic carbocycles. The Hall–Kier alpha value is -1.88. The molecule has 22 heavy (non-hydrogen) atoms. The number of carbonyl (C=O) groups excluding carboxylic acids is 1. The second kappa shape index (κ2) is 6.08. The third kappa shape index (κ3) is 3.30. The van der Waals surface area contributed by atoms with E-state index < -0.39 is 0 Å². The Morgan fingerprint density at radius 1 is 1.36 bits per heavy atom. The highest BCUT2D eigenvalue weighted by atomic mass is 32.1. The van der Waals surface area contributed by atoms with Crippen molar-refractivity contribution in [3.63, 3.8) is 0 Å². The van der Waals surface area contributed by atoms with Crippen LogP contribution in [-0.4, -0.2) is 29.5 Å². The van der Waals surface area contributed by atoms with E-state index in [0.717, 1.165) is 23.5 Å². The van der Waals surface area contributed by atoms with Gasteiger partial charge < -0.3 is 10.2 Å². The van der Waals surface area contributed by atoms with Gasteiger partial charge in [-0.1, -0.05) is 30.3 Å². The molecule has 0 unspecified atom stereocenters. The van der Waals surface area contributed by atoms with E-state index >= 15 is 0 Å². The number of benzene rings is 1. The summed E-state index contributed by atoms with van der Waals surface area (Å²) >= 11 is 1.61. The van der Waals surface area contributed by atoms with Crippen molar-refractivity contribution in [2.45, 2.75) is 31.7 Å². The molecule has 3 rings (SSSR count). The van der Waals surface area contributed by atoms with Crippen LogP contribution >= 0.6 is 11.3 Å². The maximum Gasteiger partial charge on any atom is 0.317 e. The van der Waals surface area contributed by atoms with Gasteiger partial charge in [-0.05, 0) is 25.3 Å². The minimum atomic E-state index is -0.0344. The first-order chi connectivity index (χ1) is 10.6. The minimum Gasteiger partial charge on any atom is -0.337 e. The van der Waals surface area contributed by atoms with Crippen molar-refractivity contribution < 1.29 is 4.79 Å². The number of thiazole rings is 1. The number of hydrogen-bond acceptors (Lipinski definition) is 3. The van der Waals surface area contributed by atoms with Gasteiger partial charge in [-0.2, -0.15) is 0 Å². The molecule has 1 aliphatic rings.